The molecule has 0 amide bonds. The molecule has 3 heterocycles. The van der Waals surface area contributed by atoms with E-state index >= 15 is 0 Å². The molecule has 2 aliphatic carbocycles. The summed E-state index contributed by atoms with van der Waals surface area (Å²) in [6.07, 6.45) is -10.8. The first-order chi connectivity index (χ1) is 27.6. The molecule has 0 radical (unpaired) electrons. The Labute approximate surface area is 338 Å². The third kappa shape index (κ3) is 6.89. The molecule has 1 aromatic heterocycles. The lowest BCUT2D eigenvalue weighted by Crippen LogP contribution is -2.89. The number of esters is 7. The minimum atomic E-state index is -2.82. The molecule has 1 aromatic carbocycles. The van der Waals surface area contributed by atoms with Crippen LogP contribution in [0.5, 0.6) is 0 Å². The van der Waals surface area contributed by atoms with E-state index in [4.69, 9.17) is 37.9 Å². The predicted molar refractivity (Wildman–Crippen MR) is 196 cm³/mol. The molecule has 2 aliphatic heterocycles. The third-order valence-electron chi connectivity index (χ3n) is 12.1. The van der Waals surface area contributed by atoms with Crippen LogP contribution in [0, 0.1) is 17.3 Å². The number of hydrogen-bond acceptors (Lipinski definition) is 18. The zero-order chi connectivity index (χ0) is 43.4. The van der Waals surface area contributed by atoms with Gasteiger partial charge in [-0.3, -0.25) is 29.0 Å². The number of benzene rings is 1. The van der Waals surface area contributed by atoms with Crippen molar-refractivity contribution in [1.82, 2.24) is 4.98 Å². The third-order valence-corrected chi connectivity index (χ3v) is 12.1. The van der Waals surface area contributed by atoms with Crippen LogP contribution < -0.4 is 0 Å². The summed E-state index contributed by atoms with van der Waals surface area (Å²) in [4.78, 5) is 99.4. The van der Waals surface area contributed by atoms with Crippen LogP contribution in [-0.4, -0.2) is 124 Å². The van der Waals surface area contributed by atoms with Crippen LogP contribution in [0.4, 0.5) is 0 Å². The first-order valence-corrected chi connectivity index (χ1v) is 19.0. The van der Waals surface area contributed by atoms with Crippen LogP contribution in [0.25, 0.3) is 0 Å². The molecule has 318 valence electrons. The lowest BCUT2D eigenvalue weighted by atomic mass is 9.45. The van der Waals surface area contributed by atoms with Gasteiger partial charge in [0.25, 0.3) is 0 Å². The molecule has 4 aliphatic rings. The minimum Gasteiger partial charge on any atom is -0.465 e. The van der Waals surface area contributed by atoms with Crippen molar-refractivity contribution in [3.63, 3.8) is 0 Å². The molecule has 4 bridgehead atoms. The number of pyridine rings is 1. The quantitative estimate of drug-likeness (QED) is 0.298. The number of nitrogens with zero attached hydrogens (tertiary/aromatic N) is 1. The molecular weight excluding hydrogens is 778 g/mol. The molecule has 18 heteroatoms. The Kier molecular flexibility index (Phi) is 11.4. The highest BCUT2D eigenvalue weighted by atomic mass is 16.7. The van der Waals surface area contributed by atoms with Crippen molar-refractivity contribution in [3.05, 3.63) is 65.5 Å². The van der Waals surface area contributed by atoms with E-state index in [0.717, 1.165) is 34.6 Å². The maximum atomic E-state index is 14.4. The van der Waals surface area contributed by atoms with E-state index in [9.17, 15) is 43.8 Å². The van der Waals surface area contributed by atoms with Crippen LogP contribution in [0.2, 0.25) is 0 Å². The number of rotatable bonds is 7. The van der Waals surface area contributed by atoms with Crippen molar-refractivity contribution in [1.29, 1.82) is 0 Å². The van der Waals surface area contributed by atoms with Gasteiger partial charge >= 0.3 is 41.8 Å². The van der Waals surface area contributed by atoms with E-state index in [2.05, 4.69) is 4.98 Å². The fourth-order valence-corrected chi connectivity index (χ4v) is 9.54. The topological polar surface area (TPSA) is 247 Å². The smallest absolute Gasteiger partial charge is 0.340 e. The Hall–Kier alpha value is -5.46. The summed E-state index contributed by atoms with van der Waals surface area (Å²) in [5.74, 6) is -10.7. The maximum Gasteiger partial charge on any atom is 0.340 e. The summed E-state index contributed by atoms with van der Waals surface area (Å²) < 4.78 is 48.6. The number of carbonyl (C=O) groups excluding carboxylic acids is 7. The Morgan fingerprint density at radius 2 is 1.42 bits per heavy atom. The number of aromatic nitrogens is 1. The van der Waals surface area contributed by atoms with E-state index < -0.39 is 132 Å². The molecule has 13 atom stereocenters. The highest BCUT2D eigenvalue weighted by Gasteiger charge is 2.91. The van der Waals surface area contributed by atoms with E-state index in [1.807, 2.05) is 0 Å². The number of hydrogen-bond donors (Lipinski definition) is 2. The van der Waals surface area contributed by atoms with Gasteiger partial charge in [0.05, 0.1) is 34.8 Å². The Morgan fingerprint density at radius 3 is 2.03 bits per heavy atom. The maximum absolute atomic E-state index is 14.4. The van der Waals surface area contributed by atoms with Crippen LogP contribution in [-0.2, 0) is 61.9 Å². The lowest BCUT2D eigenvalue weighted by Gasteiger charge is -2.67. The summed E-state index contributed by atoms with van der Waals surface area (Å²) in [5.41, 5.74) is -10.2. The monoisotopic (exact) mass is 825 g/mol. The predicted octanol–water partition coefficient (Wildman–Crippen LogP) is 1.76. The van der Waals surface area contributed by atoms with Gasteiger partial charge in [-0.25, -0.2) is 9.59 Å². The van der Waals surface area contributed by atoms with Gasteiger partial charge in [-0.05, 0) is 38.1 Å². The summed E-state index contributed by atoms with van der Waals surface area (Å²) >= 11 is 0. The van der Waals surface area contributed by atoms with Gasteiger partial charge in [0.2, 0.25) is 0 Å². The molecule has 13 unspecified atom stereocenters. The molecule has 2 aromatic rings. The van der Waals surface area contributed by atoms with Crippen molar-refractivity contribution in [2.45, 2.75) is 115 Å². The van der Waals surface area contributed by atoms with Crippen molar-refractivity contribution >= 4 is 41.8 Å². The summed E-state index contributed by atoms with van der Waals surface area (Å²) in [5, 5.41) is 26.3. The minimum absolute atomic E-state index is 0.0311. The number of fused-ring (bicyclic) bond motifs is 5. The molecule has 59 heavy (non-hydrogen) atoms. The number of aliphatic hydroxyl groups excluding tert-OH is 1. The van der Waals surface area contributed by atoms with Crippen LogP contribution in [0.1, 0.15) is 87.7 Å². The average molecular weight is 826 g/mol. The molecule has 2 saturated carbocycles. The second-order valence-electron chi connectivity index (χ2n) is 15.9. The van der Waals surface area contributed by atoms with Gasteiger partial charge in [-0.2, -0.15) is 0 Å². The zero-order valence-corrected chi connectivity index (χ0v) is 33.7. The van der Waals surface area contributed by atoms with Crippen molar-refractivity contribution in [2.24, 2.45) is 17.3 Å². The summed E-state index contributed by atoms with van der Waals surface area (Å²) in [7, 11) is 0. The highest BCUT2D eigenvalue weighted by molar-refractivity contribution is 5.91. The Bertz CT molecular complexity index is 2040. The second kappa shape index (κ2) is 15.6. The summed E-state index contributed by atoms with van der Waals surface area (Å²) in [6.45, 7) is 7.76. The molecule has 1 saturated heterocycles. The van der Waals surface area contributed by atoms with E-state index in [1.54, 1.807) is 13.0 Å². The van der Waals surface area contributed by atoms with Crippen molar-refractivity contribution < 1.29 is 81.7 Å². The van der Waals surface area contributed by atoms with E-state index in [1.165, 1.54) is 56.4 Å². The van der Waals surface area contributed by atoms with Gasteiger partial charge in [0.15, 0.2) is 24.4 Å². The number of aliphatic hydroxyl groups is 2. The highest BCUT2D eigenvalue weighted by Crippen LogP contribution is 2.69. The van der Waals surface area contributed by atoms with Crippen LogP contribution >= 0.6 is 0 Å². The van der Waals surface area contributed by atoms with Crippen molar-refractivity contribution in [2.75, 3.05) is 13.2 Å². The fourth-order valence-electron chi connectivity index (χ4n) is 9.54. The van der Waals surface area contributed by atoms with Gasteiger partial charge in [-0.15, -0.1) is 0 Å². The van der Waals surface area contributed by atoms with Gasteiger partial charge in [0.1, 0.15) is 41.5 Å². The normalized spacial score (nSPS) is 37.4. The molecule has 18 nitrogen and oxygen atoms in total. The Balaban J connectivity index is 1.75. The largest absolute Gasteiger partial charge is 0.465 e. The molecule has 1 spiro atoms. The second-order valence-corrected chi connectivity index (χ2v) is 15.9. The Morgan fingerprint density at radius 1 is 0.814 bits per heavy atom. The van der Waals surface area contributed by atoms with E-state index in [0.29, 0.717) is 0 Å². The lowest BCUT2D eigenvalue weighted by molar-refractivity contribution is -0.385. The average Bonchev–Trinajstić information content (AvgIpc) is 3.37. The van der Waals surface area contributed by atoms with Gasteiger partial charge < -0.3 is 48.1 Å². The standard InChI is InChI=1S/C41H47NO17/c1-19-20(2)35(48)57-32-30(55-23(5)45)34(58-36(49)25-13-10-9-11-14-25)40(18-52-21(3)43)33(56-24(6)46)29(54-22(4)44)27-31(47)41(40,39(32,8)51)59-38(27,7)17-53-37(50)26-15-12-16-42-28(19)26/h9-16,19-20,27,29-34,47,51H,17-18H2,1-8H3. The number of ether oxygens (including phenoxy) is 8. The zero-order valence-electron chi connectivity index (χ0n) is 33.7. The van der Waals surface area contributed by atoms with Gasteiger partial charge in [-0.1, -0.05) is 32.0 Å². The van der Waals surface area contributed by atoms with Crippen LogP contribution in [0.3, 0.4) is 0 Å². The molecule has 2 N–H and O–H groups in total. The SMILES string of the molecule is CC(=O)OCC12C(OC(C)=O)C(OC(C)=O)C3C(O)C14OC3(C)COC(=O)c1cccnc1C(C)C(C)C(=O)OC(C(OC(C)=O)C2OC(=O)c1ccccc1)C4(C)O. The first kappa shape index (κ1) is 43.1. The number of carbonyl (C=O) groups is 7. The van der Waals surface area contributed by atoms with Crippen LogP contribution in [0.15, 0.2) is 48.7 Å². The first-order valence-electron chi connectivity index (χ1n) is 19.0. The van der Waals surface area contributed by atoms with E-state index in [-0.39, 0.29) is 16.8 Å². The summed E-state index contributed by atoms with van der Waals surface area (Å²) in [6, 6.07) is 10.3. The fraction of sp³-hybridized carbons (Fsp3) is 0.561. The van der Waals surface area contributed by atoms with Gasteiger partial charge in [0, 0.05) is 39.8 Å². The molecule has 3 fully saturated rings. The van der Waals surface area contributed by atoms with Crippen molar-refractivity contribution in [3.8, 4) is 0 Å². The molecular formula is C41H47NO17. The number of cyclic esters (lactones) is 1. The molecule has 6 rings (SSSR count).